The molecule has 0 saturated carbocycles. The van der Waals surface area contributed by atoms with Gasteiger partial charge in [0.05, 0.1) is 25.8 Å². The highest BCUT2D eigenvalue weighted by molar-refractivity contribution is 6.07. The van der Waals surface area contributed by atoms with Crippen molar-refractivity contribution in [1.29, 1.82) is 0 Å². The fourth-order valence-electron chi connectivity index (χ4n) is 4.83. The van der Waals surface area contributed by atoms with Gasteiger partial charge < -0.3 is 23.5 Å². The molecule has 1 aliphatic rings. The number of hydrogen-bond acceptors (Lipinski definition) is 4. The molecule has 1 aliphatic heterocycles. The zero-order valence-corrected chi connectivity index (χ0v) is 19.2. The Morgan fingerprint density at radius 1 is 1.09 bits per heavy atom. The average molecular weight is 445 g/mol. The van der Waals surface area contributed by atoms with Crippen molar-refractivity contribution in [3.8, 4) is 11.5 Å². The van der Waals surface area contributed by atoms with Gasteiger partial charge in [-0.05, 0) is 30.7 Å². The minimum Gasteiger partial charge on any atom is -0.493 e. The molecule has 0 radical (unpaired) electrons. The van der Waals surface area contributed by atoms with Crippen LogP contribution in [0.5, 0.6) is 11.5 Å². The minimum atomic E-state index is -0.178. The van der Waals surface area contributed by atoms with Gasteiger partial charge in [-0.1, -0.05) is 24.3 Å². The van der Waals surface area contributed by atoms with Gasteiger partial charge in [-0.3, -0.25) is 4.79 Å². The Balaban J connectivity index is 1.54. The molecule has 0 spiro atoms. The maximum Gasteiger partial charge on any atom is 0.256 e. The molecule has 1 amide bonds. The normalized spacial score (nSPS) is 15.5. The minimum absolute atomic E-state index is 0.0399. The smallest absolute Gasteiger partial charge is 0.256 e. The largest absolute Gasteiger partial charge is 0.493 e. The Morgan fingerprint density at radius 2 is 1.91 bits per heavy atom. The summed E-state index contributed by atoms with van der Waals surface area (Å²) in [7, 11) is 3.26. The summed E-state index contributed by atoms with van der Waals surface area (Å²) in [6.45, 7) is 4.27. The molecular formula is C26H28N4O3. The summed E-state index contributed by atoms with van der Waals surface area (Å²) in [6.07, 6.45) is 6.42. The second-order valence-electron chi connectivity index (χ2n) is 8.23. The van der Waals surface area contributed by atoms with Crippen molar-refractivity contribution in [3.05, 3.63) is 78.0 Å². The van der Waals surface area contributed by atoms with E-state index in [0.717, 1.165) is 40.9 Å². The van der Waals surface area contributed by atoms with Crippen molar-refractivity contribution in [2.75, 3.05) is 20.8 Å². The number of carbonyl (C=O) groups is 1. The molecule has 5 rings (SSSR count). The van der Waals surface area contributed by atoms with Crippen molar-refractivity contribution in [3.63, 3.8) is 0 Å². The van der Waals surface area contributed by atoms with E-state index in [1.165, 1.54) is 0 Å². The van der Waals surface area contributed by atoms with E-state index >= 15 is 0 Å². The number of rotatable bonds is 6. The molecule has 0 saturated heterocycles. The van der Waals surface area contributed by atoms with Gasteiger partial charge in [0.15, 0.2) is 11.5 Å². The summed E-state index contributed by atoms with van der Waals surface area (Å²) in [6, 6.07) is 13.8. The van der Waals surface area contributed by atoms with Crippen LogP contribution in [-0.2, 0) is 19.5 Å². The summed E-state index contributed by atoms with van der Waals surface area (Å²) in [5.41, 5.74) is 2.88. The second-order valence-corrected chi connectivity index (χ2v) is 8.23. The third-order valence-electron chi connectivity index (χ3n) is 6.50. The molecule has 0 aliphatic carbocycles. The van der Waals surface area contributed by atoms with Gasteiger partial charge in [-0.25, -0.2) is 4.98 Å². The predicted octanol–water partition coefficient (Wildman–Crippen LogP) is 4.31. The van der Waals surface area contributed by atoms with E-state index in [9.17, 15) is 4.79 Å². The first-order valence-corrected chi connectivity index (χ1v) is 11.2. The highest BCUT2D eigenvalue weighted by Crippen LogP contribution is 2.34. The van der Waals surface area contributed by atoms with Crippen LogP contribution in [0.1, 0.15) is 34.7 Å². The molecule has 1 atom stereocenters. The standard InChI is InChI=1S/C26H28N4O3/c1-4-28-17-20(19-7-5-6-8-21(19)28)26(31)30-14-13-29-12-11-27-25(29)22(30)15-18-9-10-23(32-2)24(16-18)33-3/h5-12,16-17,22H,4,13-15H2,1-3H3/t22-/m0/s1. The van der Waals surface area contributed by atoms with Gasteiger partial charge in [-0.15, -0.1) is 0 Å². The van der Waals surface area contributed by atoms with E-state index in [1.807, 2.05) is 59.9 Å². The molecule has 2 aromatic heterocycles. The summed E-state index contributed by atoms with van der Waals surface area (Å²) < 4.78 is 15.2. The second kappa shape index (κ2) is 8.65. The summed E-state index contributed by atoms with van der Waals surface area (Å²) in [5, 5.41) is 0.989. The molecular weight excluding hydrogens is 416 g/mol. The molecule has 7 heteroatoms. The number of ether oxygens (including phenoxy) is 2. The number of aryl methyl sites for hydroxylation is 1. The highest BCUT2D eigenvalue weighted by atomic mass is 16.5. The number of fused-ring (bicyclic) bond motifs is 2. The van der Waals surface area contributed by atoms with Gasteiger partial charge in [0, 0.05) is 55.5 Å². The molecule has 7 nitrogen and oxygen atoms in total. The molecule has 0 bridgehead atoms. The van der Waals surface area contributed by atoms with Crippen LogP contribution >= 0.6 is 0 Å². The molecule has 170 valence electrons. The number of para-hydroxylation sites is 1. The Bertz CT molecular complexity index is 1310. The maximum atomic E-state index is 13.9. The number of nitrogens with zero attached hydrogens (tertiary/aromatic N) is 4. The fraction of sp³-hybridized carbons (Fsp3) is 0.308. The van der Waals surface area contributed by atoms with Crippen molar-refractivity contribution in [2.24, 2.45) is 0 Å². The lowest BCUT2D eigenvalue weighted by atomic mass is 10.0. The van der Waals surface area contributed by atoms with Crippen LogP contribution < -0.4 is 9.47 Å². The summed E-state index contributed by atoms with van der Waals surface area (Å²) >= 11 is 0. The number of hydrogen-bond donors (Lipinski definition) is 0. The summed E-state index contributed by atoms with van der Waals surface area (Å²) in [4.78, 5) is 20.5. The zero-order chi connectivity index (χ0) is 22.9. The van der Waals surface area contributed by atoms with E-state index < -0.39 is 0 Å². The summed E-state index contributed by atoms with van der Waals surface area (Å²) in [5.74, 6) is 2.31. The van der Waals surface area contributed by atoms with Crippen molar-refractivity contribution in [1.82, 2.24) is 19.0 Å². The van der Waals surface area contributed by atoms with E-state index in [-0.39, 0.29) is 11.9 Å². The molecule has 33 heavy (non-hydrogen) atoms. The van der Waals surface area contributed by atoms with Crippen LogP contribution in [0, 0.1) is 0 Å². The molecule has 3 heterocycles. The van der Waals surface area contributed by atoms with Crippen LogP contribution in [0.25, 0.3) is 10.9 Å². The first kappa shape index (κ1) is 21.1. The van der Waals surface area contributed by atoms with Crippen LogP contribution in [-0.4, -0.2) is 45.7 Å². The van der Waals surface area contributed by atoms with E-state index in [4.69, 9.17) is 9.47 Å². The molecule has 0 N–H and O–H groups in total. The Kier molecular flexibility index (Phi) is 5.54. The highest BCUT2D eigenvalue weighted by Gasteiger charge is 2.34. The van der Waals surface area contributed by atoms with Gasteiger partial charge in [-0.2, -0.15) is 0 Å². The molecule has 4 aromatic rings. The van der Waals surface area contributed by atoms with Crippen LogP contribution in [0.4, 0.5) is 0 Å². The van der Waals surface area contributed by atoms with Gasteiger partial charge in [0.1, 0.15) is 5.82 Å². The molecule has 2 aromatic carbocycles. The number of benzene rings is 2. The Hall–Kier alpha value is -3.74. The lowest BCUT2D eigenvalue weighted by Gasteiger charge is -2.36. The number of methoxy groups -OCH3 is 2. The maximum absolute atomic E-state index is 13.9. The van der Waals surface area contributed by atoms with E-state index in [1.54, 1.807) is 14.2 Å². The lowest BCUT2D eigenvalue weighted by Crippen LogP contribution is -2.43. The van der Waals surface area contributed by atoms with Gasteiger partial charge in [0.2, 0.25) is 0 Å². The van der Waals surface area contributed by atoms with E-state index in [2.05, 4.69) is 27.1 Å². The topological polar surface area (TPSA) is 61.5 Å². The van der Waals surface area contributed by atoms with E-state index in [0.29, 0.717) is 24.5 Å². The average Bonchev–Trinajstić information content (AvgIpc) is 3.48. The third-order valence-corrected chi connectivity index (χ3v) is 6.50. The number of carbonyl (C=O) groups excluding carboxylic acids is 1. The quantitative estimate of drug-likeness (QED) is 0.445. The van der Waals surface area contributed by atoms with Crippen molar-refractivity contribution < 1.29 is 14.3 Å². The monoisotopic (exact) mass is 444 g/mol. The van der Waals surface area contributed by atoms with Crippen molar-refractivity contribution >= 4 is 16.8 Å². The first-order valence-electron chi connectivity index (χ1n) is 11.2. The van der Waals surface area contributed by atoms with Crippen LogP contribution in [0.2, 0.25) is 0 Å². The Labute approximate surface area is 193 Å². The number of imidazole rings is 1. The third kappa shape index (κ3) is 3.63. The van der Waals surface area contributed by atoms with Crippen molar-refractivity contribution in [2.45, 2.75) is 32.5 Å². The van der Waals surface area contributed by atoms with Gasteiger partial charge >= 0.3 is 0 Å². The number of amides is 1. The zero-order valence-electron chi connectivity index (χ0n) is 19.2. The number of aromatic nitrogens is 3. The fourth-order valence-corrected chi connectivity index (χ4v) is 4.83. The van der Waals surface area contributed by atoms with Gasteiger partial charge in [0.25, 0.3) is 5.91 Å². The first-order chi connectivity index (χ1) is 16.1. The SMILES string of the molecule is CCn1cc(C(=O)N2CCn3ccnc3[C@@H]2Cc2ccc(OC)c(OC)c2)c2ccccc21. The predicted molar refractivity (Wildman–Crippen MR) is 127 cm³/mol. The van der Waals surface area contributed by atoms with Crippen LogP contribution in [0.3, 0.4) is 0 Å². The molecule has 0 fully saturated rings. The lowest BCUT2D eigenvalue weighted by molar-refractivity contribution is 0.0618. The Morgan fingerprint density at radius 3 is 2.70 bits per heavy atom. The van der Waals surface area contributed by atoms with Crippen LogP contribution in [0.15, 0.2) is 61.1 Å². The molecule has 0 unspecified atom stereocenters.